The lowest BCUT2D eigenvalue weighted by atomic mass is 10.1. The third-order valence-electron chi connectivity index (χ3n) is 7.40. The molecule has 4 aromatic rings. The number of nitrogens with zero attached hydrogens (tertiary/aromatic N) is 7. The summed E-state index contributed by atoms with van der Waals surface area (Å²) in [5.74, 6) is 0.0633. The molecule has 0 aliphatic carbocycles. The monoisotopic (exact) mass is 673 g/mol. The molecule has 0 spiro atoms. The van der Waals surface area contributed by atoms with Crippen molar-refractivity contribution >= 4 is 67.9 Å². The quantitative estimate of drug-likeness (QED) is 0.156. The first-order valence-electron chi connectivity index (χ1n) is 13.1. The van der Waals surface area contributed by atoms with E-state index in [2.05, 4.69) is 37.2 Å². The Morgan fingerprint density at radius 1 is 0.864 bits per heavy atom. The first-order valence-corrected chi connectivity index (χ1v) is 17.8. The minimum atomic E-state index is -4.36. The Labute approximate surface area is 252 Å². The number of nitrogens with two attached hydrogens (primary N) is 2. The number of pyridine rings is 1. The van der Waals surface area contributed by atoms with Gasteiger partial charge in [0.1, 0.15) is 41.8 Å². The third kappa shape index (κ3) is 5.19. The fraction of sp³-hybridized carbons (Fsp3) is 0.476. The molecule has 0 saturated carbocycles. The van der Waals surface area contributed by atoms with Crippen LogP contribution in [0.1, 0.15) is 12.5 Å². The van der Waals surface area contributed by atoms with E-state index in [-0.39, 0.29) is 22.6 Å². The zero-order valence-electron chi connectivity index (χ0n) is 22.6. The highest BCUT2D eigenvalue weighted by Gasteiger charge is 2.54. The maximum absolute atomic E-state index is 16.0. The van der Waals surface area contributed by atoms with Gasteiger partial charge in [0.2, 0.25) is 0 Å². The van der Waals surface area contributed by atoms with Crippen LogP contribution in [0.3, 0.4) is 0 Å². The zero-order chi connectivity index (χ0) is 31.0. The molecule has 4 N–H and O–H groups in total. The van der Waals surface area contributed by atoms with Crippen LogP contribution in [0.4, 0.5) is 20.3 Å². The van der Waals surface area contributed by atoms with Crippen LogP contribution in [0.2, 0.25) is 0 Å². The molecule has 7 heterocycles. The molecule has 3 aliphatic rings. The Morgan fingerprint density at radius 3 is 2.14 bits per heavy atom. The van der Waals surface area contributed by atoms with Gasteiger partial charge in [0, 0.05) is 6.20 Å². The van der Waals surface area contributed by atoms with Gasteiger partial charge in [-0.05, 0) is 6.07 Å². The third-order valence-corrected chi connectivity index (χ3v) is 10.3. The van der Waals surface area contributed by atoms with E-state index in [4.69, 9.17) is 39.0 Å². The highest BCUT2D eigenvalue weighted by Crippen LogP contribution is 2.58. The summed E-state index contributed by atoms with van der Waals surface area (Å²) in [7, 11) is -2.95. The van der Waals surface area contributed by atoms with Crippen molar-refractivity contribution in [2.24, 2.45) is 0 Å². The van der Waals surface area contributed by atoms with Crippen molar-refractivity contribution in [2.75, 3.05) is 24.7 Å². The minimum absolute atomic E-state index is 0.0633. The average Bonchev–Trinajstić information content (AvgIpc) is 3.73. The number of rotatable bonds is 2. The fourth-order valence-corrected chi connectivity index (χ4v) is 8.02. The van der Waals surface area contributed by atoms with E-state index in [1.54, 1.807) is 0 Å². The lowest BCUT2D eigenvalue weighted by Gasteiger charge is -2.29. The van der Waals surface area contributed by atoms with Crippen LogP contribution in [0, 0.1) is 0 Å². The van der Waals surface area contributed by atoms with Gasteiger partial charge in [-0.2, -0.15) is 0 Å². The summed E-state index contributed by atoms with van der Waals surface area (Å²) in [6.07, 6.45) is -7.32. The Bertz CT molecular complexity index is 1710. The van der Waals surface area contributed by atoms with Crippen molar-refractivity contribution in [3.05, 3.63) is 31.2 Å². The number of hydrogen-bond donors (Lipinski definition) is 3. The fourth-order valence-electron chi connectivity index (χ4n) is 5.36. The first-order chi connectivity index (χ1) is 20.9. The Morgan fingerprint density at radius 2 is 1.45 bits per heavy atom. The zero-order valence-corrected chi connectivity index (χ0v) is 25.3. The lowest BCUT2D eigenvalue weighted by molar-refractivity contribution is -0.0546. The average molecular weight is 673 g/mol. The van der Waals surface area contributed by atoms with Gasteiger partial charge in [-0.15, -0.1) is 0 Å². The molecule has 234 valence electrons. The summed E-state index contributed by atoms with van der Waals surface area (Å²) in [6.45, 7) is -5.53. The molecule has 3 aliphatic heterocycles. The minimum Gasteiger partial charge on any atom is -0.397 e. The summed E-state index contributed by atoms with van der Waals surface area (Å²) in [5.41, 5.74) is 13.0. The van der Waals surface area contributed by atoms with Crippen molar-refractivity contribution in [3.8, 4) is 0 Å². The number of alkyl halides is 2. The van der Waals surface area contributed by atoms with Gasteiger partial charge >= 0.3 is 6.80 Å². The number of thiol groups is 1. The van der Waals surface area contributed by atoms with Crippen LogP contribution in [0.25, 0.3) is 22.3 Å². The van der Waals surface area contributed by atoms with E-state index in [0.29, 0.717) is 11.2 Å². The smallest absolute Gasteiger partial charge is 0.386 e. The van der Waals surface area contributed by atoms with Crippen molar-refractivity contribution in [1.29, 1.82) is 0 Å². The lowest BCUT2D eigenvalue weighted by Crippen LogP contribution is -2.37. The van der Waals surface area contributed by atoms with Gasteiger partial charge in [-0.25, -0.2) is 38.3 Å². The number of aromatic nitrogens is 7. The Balaban J connectivity index is 1.17. The molecule has 3 fully saturated rings. The summed E-state index contributed by atoms with van der Waals surface area (Å²) in [4.78, 5) is 20.4. The molecule has 23 heteroatoms. The molecule has 10 atom stereocenters. The number of ether oxygens (including phenoxy) is 2. The van der Waals surface area contributed by atoms with E-state index in [1.165, 1.54) is 40.4 Å². The molecular formula is C21H24BF2N9O8P2S. The highest BCUT2D eigenvalue weighted by atomic mass is 32.7. The van der Waals surface area contributed by atoms with E-state index in [1.807, 2.05) is 0 Å². The number of anilines is 2. The maximum atomic E-state index is 16.0. The molecule has 0 aromatic carbocycles. The molecule has 3 saturated heterocycles. The van der Waals surface area contributed by atoms with E-state index < -0.39 is 76.7 Å². The second-order valence-electron chi connectivity index (χ2n) is 10.3. The van der Waals surface area contributed by atoms with Gasteiger partial charge in [-0.3, -0.25) is 22.7 Å². The van der Waals surface area contributed by atoms with Crippen LogP contribution in [-0.2, 0) is 36.7 Å². The topological polar surface area (TPSA) is 216 Å². The summed E-state index contributed by atoms with van der Waals surface area (Å²) < 4.78 is 95.2. The number of nitrogen functional groups attached to an aromatic ring is 2. The van der Waals surface area contributed by atoms with Crippen molar-refractivity contribution < 1.29 is 45.5 Å². The summed E-state index contributed by atoms with van der Waals surface area (Å²) >= 11 is 4.01. The van der Waals surface area contributed by atoms with Gasteiger partial charge in [0.25, 0.3) is 15.0 Å². The molecule has 17 nitrogen and oxygen atoms in total. The summed E-state index contributed by atoms with van der Waals surface area (Å²) in [6, 6.07) is 1.53. The number of imidazole rings is 2. The predicted molar refractivity (Wildman–Crippen MR) is 154 cm³/mol. The molecule has 0 amide bonds. The van der Waals surface area contributed by atoms with Gasteiger partial charge in [-0.1, -0.05) is 12.2 Å². The van der Waals surface area contributed by atoms with E-state index in [0.717, 1.165) is 7.57 Å². The van der Waals surface area contributed by atoms with E-state index >= 15 is 8.78 Å². The second kappa shape index (κ2) is 11.0. The molecule has 0 bridgehead atoms. The van der Waals surface area contributed by atoms with Crippen LogP contribution in [0.15, 0.2) is 31.2 Å². The Kier molecular flexibility index (Phi) is 7.46. The van der Waals surface area contributed by atoms with Crippen LogP contribution >= 0.6 is 26.5 Å². The summed E-state index contributed by atoms with van der Waals surface area (Å²) in [5, 5.41) is 0. The number of halogens is 2. The molecule has 0 radical (unpaired) electrons. The Hall–Kier alpha value is -2.74. The van der Waals surface area contributed by atoms with Crippen LogP contribution in [0.5, 0.6) is 0 Å². The molecular weight excluding hydrogens is 649 g/mol. The predicted octanol–water partition coefficient (Wildman–Crippen LogP) is 1.50. The van der Waals surface area contributed by atoms with Crippen molar-refractivity contribution in [2.45, 2.75) is 49.2 Å². The van der Waals surface area contributed by atoms with E-state index in [9.17, 15) is 9.13 Å². The molecule has 4 aromatic heterocycles. The maximum Gasteiger partial charge on any atom is 0.386 e. The standard InChI is InChI=1S/C21H24BF2N9O8P2S/c22-42(34)36-3-9-16(12(24)21(38-9)33-7-31-14-17(26)28-5-29-19(14)33)41-43(35,44)37-4-10-15(40-42)11(23)20(39-10)32-6-30-13-8(25)1-2-27-18(13)32/h1-2,5-7,9-12,15-16,20-21H,3-4,22H2,(H2,25,27)(H,35,44)(H2,26,28,29)/t9-,10-,11-,12-,15-,16-,20-,21-,42?,43?/m1/s1. The highest BCUT2D eigenvalue weighted by molar-refractivity contribution is 8.44. The largest absolute Gasteiger partial charge is 0.397 e. The molecule has 7 rings (SSSR count). The van der Waals surface area contributed by atoms with Gasteiger partial charge < -0.3 is 30.0 Å². The molecule has 2 unspecified atom stereocenters. The SMILES string of the molecule is BP1(=O)OC[C@H]2O[C@@H](n3cnc4c(N)ncnc43)[C@H](F)[C@@H]2OP(=O)(S)OC[C@H]2O[C@@H](n3cnc4c(N)ccnc43)[C@H](F)[C@@H]2O1. The van der Waals surface area contributed by atoms with Gasteiger partial charge in [0.15, 0.2) is 41.9 Å². The van der Waals surface area contributed by atoms with Gasteiger partial charge in [0.05, 0.1) is 31.6 Å². The normalized spacial score (nSPS) is 38.2. The van der Waals surface area contributed by atoms with Crippen molar-refractivity contribution in [1.82, 2.24) is 34.1 Å². The van der Waals surface area contributed by atoms with Crippen LogP contribution < -0.4 is 11.5 Å². The molecule has 44 heavy (non-hydrogen) atoms. The second-order valence-corrected chi connectivity index (χ2v) is 15.2. The number of hydrogen-bond acceptors (Lipinski definition) is 15. The first kappa shape index (κ1) is 29.9. The number of fused-ring (bicyclic) bond motifs is 4. The van der Waals surface area contributed by atoms with Crippen LogP contribution in [-0.4, -0.2) is 91.6 Å². The van der Waals surface area contributed by atoms with Crippen molar-refractivity contribution in [3.63, 3.8) is 0 Å².